The van der Waals surface area contributed by atoms with Gasteiger partial charge in [-0.2, -0.15) is 0 Å². The van der Waals surface area contributed by atoms with Crippen LogP contribution in [0.2, 0.25) is 0 Å². The Kier molecular flexibility index (Phi) is 5.91. The second-order valence-electron chi connectivity index (χ2n) is 6.74. The number of carbonyl (C=O) groups is 2. The average molecular weight is 333 g/mol. The molecule has 0 spiro atoms. The molecule has 0 aromatic carbocycles. The Bertz CT molecular complexity index is 530. The molecular weight excluding hydrogens is 306 g/mol. The number of hydrogen-bond acceptors (Lipinski definition) is 4. The lowest BCUT2D eigenvalue weighted by molar-refractivity contribution is -0.125. The van der Waals surface area contributed by atoms with E-state index in [1.54, 1.807) is 12.1 Å². The number of hydrogen-bond donors (Lipinski definition) is 1. The van der Waals surface area contributed by atoms with Crippen LogP contribution in [0, 0.1) is 5.92 Å². The molecule has 3 rings (SSSR count). The minimum atomic E-state index is -0.0368. The Morgan fingerprint density at radius 3 is 2.54 bits per heavy atom. The number of furan rings is 1. The molecule has 132 valence electrons. The van der Waals surface area contributed by atoms with Gasteiger partial charge in [-0.3, -0.25) is 14.5 Å². The fourth-order valence-electron chi connectivity index (χ4n) is 3.58. The lowest BCUT2D eigenvalue weighted by Gasteiger charge is -2.34. The third-order valence-corrected chi connectivity index (χ3v) is 5.09. The fourth-order valence-corrected chi connectivity index (χ4v) is 3.58. The van der Waals surface area contributed by atoms with Crippen LogP contribution in [-0.4, -0.2) is 60.9 Å². The zero-order valence-corrected chi connectivity index (χ0v) is 14.2. The van der Waals surface area contributed by atoms with E-state index in [1.165, 1.54) is 25.5 Å². The van der Waals surface area contributed by atoms with E-state index >= 15 is 0 Å². The van der Waals surface area contributed by atoms with Crippen molar-refractivity contribution in [3.05, 3.63) is 24.2 Å². The lowest BCUT2D eigenvalue weighted by atomic mass is 9.89. The monoisotopic (exact) mass is 333 g/mol. The van der Waals surface area contributed by atoms with Gasteiger partial charge in [0.25, 0.3) is 5.91 Å². The second kappa shape index (κ2) is 8.33. The summed E-state index contributed by atoms with van der Waals surface area (Å²) >= 11 is 0. The smallest absolute Gasteiger partial charge is 0.289 e. The minimum absolute atomic E-state index is 0.0368. The molecule has 1 saturated heterocycles. The molecule has 0 bridgehead atoms. The van der Waals surface area contributed by atoms with Crippen molar-refractivity contribution in [2.45, 2.75) is 32.1 Å². The summed E-state index contributed by atoms with van der Waals surface area (Å²) < 4.78 is 5.17. The van der Waals surface area contributed by atoms with Crippen molar-refractivity contribution in [1.29, 1.82) is 0 Å². The van der Waals surface area contributed by atoms with E-state index in [0.717, 1.165) is 32.5 Å². The summed E-state index contributed by atoms with van der Waals surface area (Å²) in [7, 11) is 0. The van der Waals surface area contributed by atoms with Gasteiger partial charge < -0.3 is 14.6 Å². The molecule has 0 unspecified atom stereocenters. The summed E-state index contributed by atoms with van der Waals surface area (Å²) in [5, 5.41) is 3.08. The molecule has 2 heterocycles. The predicted molar refractivity (Wildman–Crippen MR) is 90.6 cm³/mol. The topological polar surface area (TPSA) is 65.8 Å². The van der Waals surface area contributed by atoms with E-state index in [1.807, 2.05) is 4.90 Å². The number of carbonyl (C=O) groups excluding carboxylic acids is 2. The fraction of sp³-hybridized carbons (Fsp3) is 0.667. The van der Waals surface area contributed by atoms with Crippen molar-refractivity contribution in [1.82, 2.24) is 15.1 Å². The van der Waals surface area contributed by atoms with Gasteiger partial charge in [0, 0.05) is 45.2 Å². The van der Waals surface area contributed by atoms with Crippen LogP contribution in [0.3, 0.4) is 0 Å². The van der Waals surface area contributed by atoms with Gasteiger partial charge in [-0.1, -0.05) is 19.3 Å². The zero-order valence-electron chi connectivity index (χ0n) is 14.2. The highest BCUT2D eigenvalue weighted by molar-refractivity contribution is 5.91. The Morgan fingerprint density at radius 2 is 1.88 bits per heavy atom. The molecule has 1 aromatic heterocycles. The van der Waals surface area contributed by atoms with Crippen LogP contribution in [0.5, 0.6) is 0 Å². The minimum Gasteiger partial charge on any atom is -0.459 e. The van der Waals surface area contributed by atoms with E-state index in [4.69, 9.17) is 4.42 Å². The van der Waals surface area contributed by atoms with Crippen molar-refractivity contribution in [3.8, 4) is 0 Å². The lowest BCUT2D eigenvalue weighted by Crippen LogP contribution is -2.50. The van der Waals surface area contributed by atoms with Crippen molar-refractivity contribution in [3.63, 3.8) is 0 Å². The molecule has 0 atom stereocenters. The van der Waals surface area contributed by atoms with Gasteiger partial charge in [-0.25, -0.2) is 0 Å². The van der Waals surface area contributed by atoms with Gasteiger partial charge in [0.1, 0.15) is 0 Å². The normalized spacial score (nSPS) is 20.1. The first kappa shape index (κ1) is 17.0. The van der Waals surface area contributed by atoms with E-state index in [9.17, 15) is 9.59 Å². The number of rotatable bonds is 5. The Balaban J connectivity index is 1.33. The maximum Gasteiger partial charge on any atom is 0.289 e. The van der Waals surface area contributed by atoms with Crippen LogP contribution in [0.1, 0.15) is 42.7 Å². The standard InChI is InChI=1S/C18H27N3O3/c22-17(15-5-2-1-3-6-15)19-8-9-20-10-12-21(13-11-20)18(23)16-7-4-14-24-16/h4,7,14-15H,1-3,5-6,8-13H2,(H,19,22). The molecule has 24 heavy (non-hydrogen) atoms. The van der Waals surface area contributed by atoms with Gasteiger partial charge in [-0.05, 0) is 25.0 Å². The highest BCUT2D eigenvalue weighted by Gasteiger charge is 2.24. The summed E-state index contributed by atoms with van der Waals surface area (Å²) in [5.74, 6) is 0.816. The Morgan fingerprint density at radius 1 is 1.12 bits per heavy atom. The van der Waals surface area contributed by atoms with Crippen LogP contribution in [-0.2, 0) is 4.79 Å². The molecule has 0 radical (unpaired) electrons. The molecule has 1 aliphatic carbocycles. The summed E-state index contributed by atoms with van der Waals surface area (Å²) in [5.41, 5.74) is 0. The van der Waals surface area contributed by atoms with Crippen molar-refractivity contribution < 1.29 is 14.0 Å². The number of amides is 2. The third kappa shape index (κ3) is 4.38. The zero-order chi connectivity index (χ0) is 16.8. The van der Waals surface area contributed by atoms with Gasteiger partial charge >= 0.3 is 0 Å². The summed E-state index contributed by atoms with van der Waals surface area (Å²) in [4.78, 5) is 28.5. The van der Waals surface area contributed by atoms with E-state index in [0.29, 0.717) is 25.4 Å². The molecule has 1 N–H and O–H groups in total. The molecule has 1 saturated carbocycles. The first-order chi connectivity index (χ1) is 11.7. The number of nitrogens with one attached hydrogen (secondary N) is 1. The van der Waals surface area contributed by atoms with Crippen LogP contribution in [0.25, 0.3) is 0 Å². The van der Waals surface area contributed by atoms with Gasteiger partial charge in [0.05, 0.1) is 6.26 Å². The Labute approximate surface area is 143 Å². The SMILES string of the molecule is O=C(NCCN1CCN(C(=O)c2ccco2)CC1)C1CCCCC1. The molecule has 6 nitrogen and oxygen atoms in total. The predicted octanol–water partition coefficient (Wildman–Crippen LogP) is 1.73. The van der Waals surface area contributed by atoms with E-state index < -0.39 is 0 Å². The van der Waals surface area contributed by atoms with Gasteiger partial charge in [-0.15, -0.1) is 0 Å². The third-order valence-electron chi connectivity index (χ3n) is 5.09. The van der Waals surface area contributed by atoms with Gasteiger partial charge in [0.15, 0.2) is 5.76 Å². The van der Waals surface area contributed by atoms with Crippen LogP contribution in [0.4, 0.5) is 0 Å². The highest BCUT2D eigenvalue weighted by Crippen LogP contribution is 2.23. The van der Waals surface area contributed by atoms with Crippen molar-refractivity contribution in [2.75, 3.05) is 39.3 Å². The maximum atomic E-state index is 12.2. The van der Waals surface area contributed by atoms with Crippen LogP contribution >= 0.6 is 0 Å². The molecule has 1 aliphatic heterocycles. The van der Waals surface area contributed by atoms with Crippen LogP contribution < -0.4 is 5.32 Å². The molecule has 2 aliphatic rings. The molecular formula is C18H27N3O3. The van der Waals surface area contributed by atoms with Crippen molar-refractivity contribution >= 4 is 11.8 Å². The second-order valence-corrected chi connectivity index (χ2v) is 6.74. The molecule has 2 amide bonds. The summed E-state index contributed by atoms with van der Waals surface area (Å²) in [6.45, 7) is 4.63. The molecule has 2 fully saturated rings. The summed E-state index contributed by atoms with van der Waals surface area (Å²) in [6.07, 6.45) is 7.25. The Hall–Kier alpha value is -1.82. The number of piperazine rings is 1. The first-order valence-electron chi connectivity index (χ1n) is 9.07. The molecule has 6 heteroatoms. The quantitative estimate of drug-likeness (QED) is 0.891. The maximum absolute atomic E-state index is 12.2. The first-order valence-corrected chi connectivity index (χ1v) is 9.07. The number of nitrogens with zero attached hydrogens (tertiary/aromatic N) is 2. The van der Waals surface area contributed by atoms with Crippen molar-refractivity contribution in [2.24, 2.45) is 5.92 Å². The van der Waals surface area contributed by atoms with Gasteiger partial charge in [0.2, 0.25) is 5.91 Å². The van der Waals surface area contributed by atoms with E-state index in [-0.39, 0.29) is 17.7 Å². The highest BCUT2D eigenvalue weighted by atomic mass is 16.3. The molecule has 1 aromatic rings. The summed E-state index contributed by atoms with van der Waals surface area (Å²) in [6, 6.07) is 3.44. The van der Waals surface area contributed by atoms with Crippen LogP contribution in [0.15, 0.2) is 22.8 Å². The average Bonchev–Trinajstić information content (AvgIpc) is 3.17. The van der Waals surface area contributed by atoms with E-state index in [2.05, 4.69) is 10.2 Å². The largest absolute Gasteiger partial charge is 0.459 e.